The van der Waals surface area contributed by atoms with E-state index in [4.69, 9.17) is 0 Å². The first-order chi connectivity index (χ1) is 9.47. The molecular formula is C16H25N3O. The van der Waals surface area contributed by atoms with Crippen LogP contribution in [0.15, 0.2) is 18.2 Å². The fourth-order valence-corrected chi connectivity index (χ4v) is 2.85. The van der Waals surface area contributed by atoms with Crippen molar-refractivity contribution in [1.82, 2.24) is 9.88 Å². The van der Waals surface area contributed by atoms with Crippen molar-refractivity contribution in [3.63, 3.8) is 0 Å². The lowest BCUT2D eigenvalue weighted by Crippen LogP contribution is -2.25. The zero-order chi connectivity index (χ0) is 14.7. The first kappa shape index (κ1) is 14.8. The van der Waals surface area contributed by atoms with Gasteiger partial charge in [-0.3, -0.25) is 4.79 Å². The van der Waals surface area contributed by atoms with Crippen LogP contribution in [0.1, 0.15) is 37.2 Å². The van der Waals surface area contributed by atoms with E-state index < -0.39 is 0 Å². The Hall–Kier alpha value is -1.58. The van der Waals surface area contributed by atoms with Gasteiger partial charge in [0.15, 0.2) is 0 Å². The molecule has 0 N–H and O–H groups in total. The second-order valence-corrected chi connectivity index (χ2v) is 6.31. The van der Waals surface area contributed by atoms with Crippen molar-refractivity contribution in [3.05, 3.63) is 23.9 Å². The SMILES string of the molecule is CC(C)CC1CCN(c2cccc(C(=O)N(C)C)n2)C1. The molecule has 1 aliphatic rings. The molecule has 0 bridgehead atoms. The van der Waals surface area contributed by atoms with Crippen molar-refractivity contribution >= 4 is 11.7 Å². The van der Waals surface area contributed by atoms with E-state index in [1.54, 1.807) is 25.1 Å². The van der Waals surface area contributed by atoms with E-state index in [1.807, 2.05) is 12.1 Å². The number of aromatic nitrogens is 1. The molecule has 2 heterocycles. The topological polar surface area (TPSA) is 36.4 Å². The molecule has 4 nitrogen and oxygen atoms in total. The molecule has 0 aliphatic carbocycles. The Bertz CT molecular complexity index is 471. The first-order valence-corrected chi connectivity index (χ1v) is 7.41. The van der Waals surface area contributed by atoms with E-state index in [2.05, 4.69) is 23.7 Å². The number of rotatable bonds is 4. The molecule has 1 fully saturated rings. The van der Waals surface area contributed by atoms with Gasteiger partial charge in [0.2, 0.25) is 0 Å². The smallest absolute Gasteiger partial charge is 0.272 e. The van der Waals surface area contributed by atoms with Crippen molar-refractivity contribution in [2.24, 2.45) is 11.8 Å². The minimum Gasteiger partial charge on any atom is -0.356 e. The molecule has 110 valence electrons. The van der Waals surface area contributed by atoms with Gasteiger partial charge in [0.1, 0.15) is 11.5 Å². The maximum Gasteiger partial charge on any atom is 0.272 e. The van der Waals surface area contributed by atoms with Gasteiger partial charge in [-0.2, -0.15) is 0 Å². The highest BCUT2D eigenvalue weighted by Gasteiger charge is 2.24. The largest absolute Gasteiger partial charge is 0.356 e. The van der Waals surface area contributed by atoms with Crippen LogP contribution in [0.5, 0.6) is 0 Å². The Balaban J connectivity index is 2.07. The zero-order valence-electron chi connectivity index (χ0n) is 13.0. The molecule has 20 heavy (non-hydrogen) atoms. The molecule has 1 aliphatic heterocycles. The van der Waals surface area contributed by atoms with E-state index >= 15 is 0 Å². The number of hydrogen-bond donors (Lipinski definition) is 0. The molecule has 1 saturated heterocycles. The summed E-state index contributed by atoms with van der Waals surface area (Å²) in [5.74, 6) is 2.40. The van der Waals surface area contributed by atoms with Crippen molar-refractivity contribution in [2.75, 3.05) is 32.1 Å². The Kier molecular flexibility index (Phi) is 4.63. The number of nitrogens with zero attached hydrogens (tertiary/aromatic N) is 3. The zero-order valence-corrected chi connectivity index (χ0v) is 13.0. The summed E-state index contributed by atoms with van der Waals surface area (Å²) < 4.78 is 0. The van der Waals surface area contributed by atoms with Gasteiger partial charge in [-0.25, -0.2) is 4.98 Å². The molecule has 0 aromatic carbocycles. The third kappa shape index (κ3) is 3.50. The van der Waals surface area contributed by atoms with Gasteiger partial charge < -0.3 is 9.80 Å². The van der Waals surface area contributed by atoms with Crippen LogP contribution in [-0.4, -0.2) is 43.0 Å². The fraction of sp³-hybridized carbons (Fsp3) is 0.625. The normalized spacial score (nSPS) is 18.6. The minimum atomic E-state index is -0.0372. The Morgan fingerprint density at radius 3 is 2.85 bits per heavy atom. The van der Waals surface area contributed by atoms with Crippen LogP contribution in [0.2, 0.25) is 0 Å². The Labute approximate surface area is 121 Å². The number of anilines is 1. The van der Waals surface area contributed by atoms with Crippen molar-refractivity contribution in [1.29, 1.82) is 0 Å². The third-order valence-corrected chi connectivity index (χ3v) is 3.77. The molecule has 4 heteroatoms. The molecule has 1 unspecified atom stereocenters. The van der Waals surface area contributed by atoms with Gasteiger partial charge in [0.25, 0.3) is 5.91 Å². The molecule has 0 spiro atoms. The molecule has 0 saturated carbocycles. The second kappa shape index (κ2) is 6.25. The van der Waals surface area contributed by atoms with Crippen LogP contribution in [0.25, 0.3) is 0 Å². The number of carbonyl (C=O) groups excluding carboxylic acids is 1. The maximum atomic E-state index is 12.0. The molecule has 1 atom stereocenters. The van der Waals surface area contributed by atoms with E-state index in [0.717, 1.165) is 30.7 Å². The summed E-state index contributed by atoms with van der Waals surface area (Å²) >= 11 is 0. The van der Waals surface area contributed by atoms with Gasteiger partial charge in [-0.1, -0.05) is 19.9 Å². The van der Waals surface area contributed by atoms with Crippen molar-refractivity contribution in [2.45, 2.75) is 26.7 Å². The van der Waals surface area contributed by atoms with Crippen LogP contribution in [0.4, 0.5) is 5.82 Å². The summed E-state index contributed by atoms with van der Waals surface area (Å²) in [5.41, 5.74) is 0.528. The molecule has 2 rings (SSSR count). The average Bonchev–Trinajstić information content (AvgIpc) is 2.85. The maximum absolute atomic E-state index is 12.0. The van der Waals surface area contributed by atoms with E-state index in [0.29, 0.717) is 5.69 Å². The highest BCUT2D eigenvalue weighted by atomic mass is 16.2. The third-order valence-electron chi connectivity index (χ3n) is 3.77. The van der Waals surface area contributed by atoms with E-state index in [1.165, 1.54) is 12.8 Å². The highest BCUT2D eigenvalue weighted by Crippen LogP contribution is 2.26. The summed E-state index contributed by atoms with van der Waals surface area (Å²) in [4.78, 5) is 20.4. The number of amides is 1. The summed E-state index contributed by atoms with van der Waals surface area (Å²) in [7, 11) is 3.51. The average molecular weight is 275 g/mol. The predicted octanol–water partition coefficient (Wildman–Crippen LogP) is 2.66. The van der Waals surface area contributed by atoms with E-state index in [-0.39, 0.29) is 5.91 Å². The van der Waals surface area contributed by atoms with Crippen LogP contribution < -0.4 is 4.90 Å². The quantitative estimate of drug-likeness (QED) is 0.847. The monoisotopic (exact) mass is 275 g/mol. The molecule has 1 aromatic rings. The summed E-state index contributed by atoms with van der Waals surface area (Å²) in [6.07, 6.45) is 2.50. The van der Waals surface area contributed by atoms with Gasteiger partial charge >= 0.3 is 0 Å². The van der Waals surface area contributed by atoms with Crippen molar-refractivity contribution < 1.29 is 4.79 Å². The second-order valence-electron chi connectivity index (χ2n) is 6.31. The summed E-state index contributed by atoms with van der Waals surface area (Å²) in [6.45, 7) is 6.66. The number of hydrogen-bond acceptors (Lipinski definition) is 3. The van der Waals surface area contributed by atoms with Gasteiger partial charge in [0.05, 0.1) is 0 Å². The van der Waals surface area contributed by atoms with Crippen LogP contribution in [0, 0.1) is 11.8 Å². The van der Waals surface area contributed by atoms with Gasteiger partial charge in [-0.05, 0) is 36.8 Å². The van der Waals surface area contributed by atoms with Gasteiger partial charge in [0, 0.05) is 27.2 Å². The molecular weight excluding hydrogens is 250 g/mol. The van der Waals surface area contributed by atoms with Crippen molar-refractivity contribution in [3.8, 4) is 0 Å². The number of pyridine rings is 1. The summed E-state index contributed by atoms with van der Waals surface area (Å²) in [5, 5.41) is 0. The molecule has 1 aromatic heterocycles. The van der Waals surface area contributed by atoms with Gasteiger partial charge in [-0.15, -0.1) is 0 Å². The summed E-state index contributed by atoms with van der Waals surface area (Å²) in [6, 6.07) is 5.71. The lowest BCUT2D eigenvalue weighted by molar-refractivity contribution is 0.0822. The standard InChI is InChI=1S/C16H25N3O/c1-12(2)10-13-8-9-19(11-13)15-7-5-6-14(17-15)16(20)18(3)4/h5-7,12-13H,8-11H2,1-4H3. The number of carbonyl (C=O) groups is 1. The lowest BCUT2D eigenvalue weighted by atomic mass is 9.97. The fourth-order valence-electron chi connectivity index (χ4n) is 2.85. The molecule has 0 radical (unpaired) electrons. The molecule has 1 amide bonds. The van der Waals surface area contributed by atoms with Crippen LogP contribution in [-0.2, 0) is 0 Å². The Morgan fingerprint density at radius 2 is 2.20 bits per heavy atom. The highest BCUT2D eigenvalue weighted by molar-refractivity contribution is 5.92. The lowest BCUT2D eigenvalue weighted by Gasteiger charge is -2.19. The first-order valence-electron chi connectivity index (χ1n) is 7.41. The van der Waals surface area contributed by atoms with E-state index in [9.17, 15) is 4.79 Å². The minimum absolute atomic E-state index is 0.0372. The van der Waals surface area contributed by atoms with Crippen LogP contribution in [0.3, 0.4) is 0 Å². The predicted molar refractivity (Wildman–Crippen MR) is 82.0 cm³/mol. The van der Waals surface area contributed by atoms with Crippen LogP contribution >= 0.6 is 0 Å². The Morgan fingerprint density at radius 1 is 1.45 bits per heavy atom.